The van der Waals surface area contributed by atoms with Crippen LogP contribution in [-0.2, 0) is 21.4 Å². The lowest BCUT2D eigenvalue weighted by Crippen LogP contribution is -2.37. The zero-order valence-electron chi connectivity index (χ0n) is 17.7. The number of fused-ring (bicyclic) bond motifs is 1. The maximum absolute atomic E-state index is 13.0. The van der Waals surface area contributed by atoms with Crippen molar-refractivity contribution >= 4 is 27.3 Å². The second kappa shape index (κ2) is 9.37. The van der Waals surface area contributed by atoms with Crippen LogP contribution in [0.25, 0.3) is 0 Å². The van der Waals surface area contributed by atoms with E-state index in [-0.39, 0.29) is 17.6 Å². The quantitative estimate of drug-likeness (QED) is 0.465. The van der Waals surface area contributed by atoms with E-state index in [1.165, 1.54) is 12.1 Å². The summed E-state index contributed by atoms with van der Waals surface area (Å²) in [5, 5.41) is 5.93. The number of hydrogen-bond donors (Lipinski definition) is 3. The predicted octanol–water partition coefficient (Wildman–Crippen LogP) is 3.47. The maximum Gasteiger partial charge on any atom is 0.261 e. The van der Waals surface area contributed by atoms with Crippen molar-refractivity contribution in [2.45, 2.75) is 24.4 Å². The first-order valence-electron chi connectivity index (χ1n) is 10.1. The number of nitrogens with one attached hydrogen (secondary N) is 3. The number of carbonyl (C=O) groups excluding carboxylic acids is 1. The van der Waals surface area contributed by atoms with Gasteiger partial charge in [-0.25, -0.2) is 12.8 Å². The van der Waals surface area contributed by atoms with Crippen LogP contribution in [0.3, 0.4) is 0 Å². The van der Waals surface area contributed by atoms with E-state index in [9.17, 15) is 17.6 Å². The average molecular weight is 472 g/mol. The van der Waals surface area contributed by atoms with E-state index in [4.69, 9.17) is 9.47 Å². The standard InChI is InChI=1S/C23H22FN3O5S/c1-15(23(28)25-13-16-2-11-21-22(12-16)32-14-31-21)26-18-5-7-19(8-6-18)27-33(29,30)20-9-3-17(24)4-10-20/h2-12,15,26-27H,13-14H2,1H3,(H,25,28)/t15-/m0/s1. The van der Waals surface area contributed by atoms with Crippen LogP contribution in [0.5, 0.6) is 11.5 Å². The molecule has 8 nitrogen and oxygen atoms in total. The summed E-state index contributed by atoms with van der Waals surface area (Å²) >= 11 is 0. The first kappa shape index (κ1) is 22.4. The van der Waals surface area contributed by atoms with Crippen molar-refractivity contribution in [3.63, 3.8) is 0 Å². The summed E-state index contributed by atoms with van der Waals surface area (Å²) in [5.41, 5.74) is 1.87. The topological polar surface area (TPSA) is 106 Å². The fourth-order valence-corrected chi connectivity index (χ4v) is 4.23. The molecule has 0 fully saturated rings. The smallest absolute Gasteiger partial charge is 0.261 e. The van der Waals surface area contributed by atoms with Gasteiger partial charge in [0.15, 0.2) is 11.5 Å². The number of rotatable bonds is 8. The van der Waals surface area contributed by atoms with Crippen LogP contribution >= 0.6 is 0 Å². The molecule has 1 aliphatic rings. The molecule has 4 rings (SSSR count). The van der Waals surface area contributed by atoms with E-state index in [1.54, 1.807) is 37.3 Å². The number of carbonyl (C=O) groups is 1. The van der Waals surface area contributed by atoms with Crippen LogP contribution in [0.1, 0.15) is 12.5 Å². The monoisotopic (exact) mass is 471 g/mol. The van der Waals surface area contributed by atoms with E-state index in [0.717, 1.165) is 17.7 Å². The lowest BCUT2D eigenvalue weighted by atomic mass is 10.2. The average Bonchev–Trinajstić information content (AvgIpc) is 3.27. The Kier molecular flexibility index (Phi) is 6.36. The molecule has 1 amide bonds. The van der Waals surface area contributed by atoms with Crippen molar-refractivity contribution in [2.75, 3.05) is 16.8 Å². The van der Waals surface area contributed by atoms with Gasteiger partial charge >= 0.3 is 0 Å². The van der Waals surface area contributed by atoms with Crippen LogP contribution in [0.15, 0.2) is 71.6 Å². The first-order chi connectivity index (χ1) is 15.8. The molecule has 0 aliphatic carbocycles. The molecular weight excluding hydrogens is 449 g/mol. The zero-order chi connectivity index (χ0) is 23.4. The molecule has 0 bridgehead atoms. The summed E-state index contributed by atoms with van der Waals surface area (Å²) in [6.45, 7) is 2.25. The van der Waals surface area contributed by atoms with E-state index in [0.29, 0.717) is 29.4 Å². The van der Waals surface area contributed by atoms with Gasteiger partial charge in [-0.1, -0.05) is 6.07 Å². The molecule has 3 aromatic carbocycles. The Bertz CT molecular complexity index is 1250. The minimum Gasteiger partial charge on any atom is -0.454 e. The Balaban J connectivity index is 1.30. The second-order valence-corrected chi connectivity index (χ2v) is 9.09. The molecular formula is C23H22FN3O5S. The first-order valence-corrected chi connectivity index (χ1v) is 11.6. The number of amides is 1. The molecule has 1 atom stereocenters. The number of sulfonamides is 1. The van der Waals surface area contributed by atoms with Crippen LogP contribution in [0, 0.1) is 5.82 Å². The van der Waals surface area contributed by atoms with Crippen molar-refractivity contribution in [1.29, 1.82) is 0 Å². The number of anilines is 2. The Labute approximate surface area is 190 Å². The number of hydrogen-bond acceptors (Lipinski definition) is 6. The van der Waals surface area contributed by atoms with Gasteiger partial charge in [0, 0.05) is 17.9 Å². The molecule has 0 saturated heterocycles. The minimum atomic E-state index is -3.84. The van der Waals surface area contributed by atoms with E-state index >= 15 is 0 Å². The highest BCUT2D eigenvalue weighted by Gasteiger charge is 2.17. The number of ether oxygens (including phenoxy) is 2. The second-order valence-electron chi connectivity index (χ2n) is 7.41. The third-order valence-corrected chi connectivity index (χ3v) is 6.34. The SMILES string of the molecule is C[C@H](Nc1ccc(NS(=O)(=O)c2ccc(F)cc2)cc1)C(=O)NCc1ccc2c(c1)OCO2. The normalized spacial score (nSPS) is 13.3. The third-order valence-electron chi connectivity index (χ3n) is 4.94. The minimum absolute atomic E-state index is 0.0427. The molecule has 0 unspecified atom stereocenters. The number of benzene rings is 3. The maximum atomic E-state index is 13.0. The molecule has 1 heterocycles. The van der Waals surface area contributed by atoms with Crippen LogP contribution < -0.4 is 24.8 Å². The summed E-state index contributed by atoms with van der Waals surface area (Å²) in [6, 6.07) is 16.0. The molecule has 0 aromatic heterocycles. The van der Waals surface area contributed by atoms with Crippen LogP contribution in [-0.4, -0.2) is 27.2 Å². The van der Waals surface area contributed by atoms with Gasteiger partial charge in [-0.05, 0) is 73.2 Å². The summed E-state index contributed by atoms with van der Waals surface area (Å²) in [4.78, 5) is 12.4. The summed E-state index contributed by atoms with van der Waals surface area (Å²) in [5.74, 6) is 0.624. The summed E-state index contributed by atoms with van der Waals surface area (Å²) in [6.07, 6.45) is 0. The van der Waals surface area contributed by atoms with Crippen molar-refractivity contribution in [2.24, 2.45) is 0 Å². The van der Waals surface area contributed by atoms with Gasteiger partial charge in [0.1, 0.15) is 11.9 Å². The fraction of sp³-hybridized carbons (Fsp3) is 0.174. The van der Waals surface area contributed by atoms with Crippen molar-refractivity contribution < 1.29 is 27.1 Å². The highest BCUT2D eigenvalue weighted by atomic mass is 32.2. The van der Waals surface area contributed by atoms with Gasteiger partial charge in [0.05, 0.1) is 4.90 Å². The lowest BCUT2D eigenvalue weighted by Gasteiger charge is -2.16. The van der Waals surface area contributed by atoms with E-state index in [1.807, 2.05) is 12.1 Å². The zero-order valence-corrected chi connectivity index (χ0v) is 18.5. The molecule has 33 heavy (non-hydrogen) atoms. The highest BCUT2D eigenvalue weighted by molar-refractivity contribution is 7.92. The number of halogens is 1. The fourth-order valence-electron chi connectivity index (χ4n) is 3.17. The predicted molar refractivity (Wildman–Crippen MR) is 121 cm³/mol. The molecule has 1 aliphatic heterocycles. The van der Waals surface area contributed by atoms with E-state index < -0.39 is 21.9 Å². The van der Waals surface area contributed by atoms with Gasteiger partial charge in [0.25, 0.3) is 10.0 Å². The molecule has 3 N–H and O–H groups in total. The molecule has 172 valence electrons. The van der Waals surface area contributed by atoms with Crippen LogP contribution in [0.4, 0.5) is 15.8 Å². The van der Waals surface area contributed by atoms with Gasteiger partial charge in [-0.15, -0.1) is 0 Å². The summed E-state index contributed by atoms with van der Waals surface area (Å²) in [7, 11) is -3.84. The Morgan fingerprint density at radius 2 is 1.64 bits per heavy atom. The van der Waals surface area contributed by atoms with Crippen LogP contribution in [0.2, 0.25) is 0 Å². The van der Waals surface area contributed by atoms with Gasteiger partial charge in [-0.2, -0.15) is 0 Å². The lowest BCUT2D eigenvalue weighted by molar-refractivity contribution is -0.121. The molecule has 0 radical (unpaired) electrons. The van der Waals surface area contributed by atoms with Gasteiger partial charge in [0.2, 0.25) is 12.7 Å². The van der Waals surface area contributed by atoms with E-state index in [2.05, 4.69) is 15.4 Å². The largest absolute Gasteiger partial charge is 0.454 e. The van der Waals surface area contributed by atoms with Crippen molar-refractivity contribution in [3.8, 4) is 11.5 Å². The van der Waals surface area contributed by atoms with Gasteiger partial charge < -0.3 is 20.1 Å². The van der Waals surface area contributed by atoms with Crippen molar-refractivity contribution in [3.05, 3.63) is 78.1 Å². The third kappa shape index (κ3) is 5.53. The Morgan fingerprint density at radius 3 is 2.36 bits per heavy atom. The molecule has 3 aromatic rings. The molecule has 0 saturated carbocycles. The Hall–Kier alpha value is -3.79. The van der Waals surface area contributed by atoms with Crippen molar-refractivity contribution in [1.82, 2.24) is 5.32 Å². The molecule has 0 spiro atoms. The Morgan fingerprint density at radius 1 is 0.970 bits per heavy atom. The molecule has 10 heteroatoms. The highest BCUT2D eigenvalue weighted by Crippen LogP contribution is 2.32. The summed E-state index contributed by atoms with van der Waals surface area (Å²) < 4.78 is 50.9. The van der Waals surface area contributed by atoms with Gasteiger partial charge in [-0.3, -0.25) is 9.52 Å².